The first-order chi connectivity index (χ1) is 9.30. The number of benzene rings is 1. The van der Waals surface area contributed by atoms with Crippen molar-refractivity contribution in [2.24, 2.45) is 5.41 Å². The Morgan fingerprint density at radius 2 is 1.90 bits per heavy atom. The summed E-state index contributed by atoms with van der Waals surface area (Å²) in [6.45, 7) is 9.83. The molecule has 1 aliphatic heterocycles. The molecule has 0 spiro atoms. The summed E-state index contributed by atoms with van der Waals surface area (Å²) in [5.41, 5.74) is 0.441. The molecule has 20 heavy (non-hydrogen) atoms. The van der Waals surface area contributed by atoms with E-state index in [0.29, 0.717) is 10.6 Å². The van der Waals surface area contributed by atoms with Gasteiger partial charge in [0, 0.05) is 42.8 Å². The van der Waals surface area contributed by atoms with E-state index in [0.717, 1.165) is 32.2 Å². The Kier molecular flexibility index (Phi) is 4.57. The van der Waals surface area contributed by atoms with E-state index in [1.54, 1.807) is 6.07 Å². The van der Waals surface area contributed by atoms with Gasteiger partial charge < -0.3 is 10.4 Å². The number of nitrogens with zero attached hydrogens (tertiary/aromatic N) is 1. The van der Waals surface area contributed by atoms with Crippen LogP contribution in [-0.2, 0) is 0 Å². The average molecular weight is 301 g/mol. The van der Waals surface area contributed by atoms with Crippen molar-refractivity contribution in [2.45, 2.75) is 26.8 Å². The summed E-state index contributed by atoms with van der Waals surface area (Å²) in [5, 5.41) is 13.7. The molecule has 112 valence electrons. The fourth-order valence-corrected chi connectivity index (χ4v) is 3.16. The van der Waals surface area contributed by atoms with Crippen molar-refractivity contribution in [3.8, 4) is 5.75 Å². The molecule has 0 saturated carbocycles. The Balaban J connectivity index is 2.46. The van der Waals surface area contributed by atoms with E-state index in [4.69, 9.17) is 11.6 Å². The van der Waals surface area contributed by atoms with Crippen LogP contribution in [0.15, 0.2) is 12.1 Å². The summed E-state index contributed by atoms with van der Waals surface area (Å²) in [6, 6.07) is 2.76. The lowest BCUT2D eigenvalue weighted by molar-refractivity contribution is 0.0838. The van der Waals surface area contributed by atoms with Gasteiger partial charge in [-0.15, -0.1) is 0 Å². The van der Waals surface area contributed by atoms with E-state index in [1.807, 2.05) is 0 Å². The van der Waals surface area contributed by atoms with E-state index < -0.39 is 5.82 Å². The fourth-order valence-electron chi connectivity index (χ4n) is 2.95. The molecule has 1 aliphatic rings. The SMILES string of the molecule is CC(C)(C)[C@H](c1cc(Cl)cc(F)c1O)N1CCNCC1. The van der Waals surface area contributed by atoms with Crippen LogP contribution in [0.5, 0.6) is 5.75 Å². The number of hydrogen-bond acceptors (Lipinski definition) is 3. The number of rotatable bonds is 2. The lowest BCUT2D eigenvalue weighted by Crippen LogP contribution is -2.48. The second-order valence-electron chi connectivity index (χ2n) is 6.38. The van der Waals surface area contributed by atoms with Crippen molar-refractivity contribution in [1.82, 2.24) is 10.2 Å². The van der Waals surface area contributed by atoms with Gasteiger partial charge in [-0.05, 0) is 17.5 Å². The Labute approximate surface area is 124 Å². The monoisotopic (exact) mass is 300 g/mol. The molecule has 0 aromatic heterocycles. The fraction of sp³-hybridized carbons (Fsp3) is 0.600. The first-order valence-electron chi connectivity index (χ1n) is 6.93. The molecule has 2 N–H and O–H groups in total. The summed E-state index contributed by atoms with van der Waals surface area (Å²) in [7, 11) is 0. The molecule has 1 atom stereocenters. The van der Waals surface area contributed by atoms with Crippen molar-refractivity contribution in [3.63, 3.8) is 0 Å². The number of halogens is 2. The standard InChI is InChI=1S/C15H22ClFN2O/c1-15(2,3)14(19-6-4-18-5-7-19)11-8-10(16)9-12(17)13(11)20/h8-9,14,18,20H,4-7H2,1-3H3/t14-/m0/s1. The zero-order valence-corrected chi connectivity index (χ0v) is 13.0. The van der Waals surface area contributed by atoms with Crippen LogP contribution in [0.25, 0.3) is 0 Å². The van der Waals surface area contributed by atoms with Gasteiger partial charge in [0.1, 0.15) is 0 Å². The molecule has 1 fully saturated rings. The highest BCUT2D eigenvalue weighted by Crippen LogP contribution is 2.43. The molecule has 1 saturated heterocycles. The molecular weight excluding hydrogens is 279 g/mol. The van der Waals surface area contributed by atoms with Crippen LogP contribution in [0.2, 0.25) is 5.02 Å². The molecule has 0 radical (unpaired) electrons. The molecule has 0 bridgehead atoms. The number of hydrogen-bond donors (Lipinski definition) is 2. The molecule has 0 unspecified atom stereocenters. The molecule has 1 aromatic carbocycles. The Morgan fingerprint density at radius 1 is 1.30 bits per heavy atom. The van der Waals surface area contributed by atoms with E-state index in [2.05, 4.69) is 31.0 Å². The maximum Gasteiger partial charge on any atom is 0.166 e. The number of piperazine rings is 1. The van der Waals surface area contributed by atoms with Crippen molar-refractivity contribution in [2.75, 3.05) is 26.2 Å². The van der Waals surface area contributed by atoms with Crippen LogP contribution in [0.4, 0.5) is 4.39 Å². The highest BCUT2D eigenvalue weighted by Gasteiger charge is 2.35. The molecule has 3 nitrogen and oxygen atoms in total. The van der Waals surface area contributed by atoms with Crippen LogP contribution in [0.1, 0.15) is 32.4 Å². The van der Waals surface area contributed by atoms with Gasteiger partial charge in [0.05, 0.1) is 0 Å². The van der Waals surface area contributed by atoms with Crippen LogP contribution in [0, 0.1) is 11.2 Å². The van der Waals surface area contributed by atoms with E-state index in [-0.39, 0.29) is 17.2 Å². The van der Waals surface area contributed by atoms with Crippen molar-refractivity contribution >= 4 is 11.6 Å². The Morgan fingerprint density at radius 3 is 2.45 bits per heavy atom. The average Bonchev–Trinajstić information content (AvgIpc) is 2.35. The zero-order valence-electron chi connectivity index (χ0n) is 12.2. The zero-order chi connectivity index (χ0) is 14.9. The Bertz CT molecular complexity index is 481. The maximum atomic E-state index is 13.8. The minimum Gasteiger partial charge on any atom is -0.505 e. The van der Waals surface area contributed by atoms with Crippen molar-refractivity contribution in [3.05, 3.63) is 28.5 Å². The molecular formula is C15H22ClFN2O. The number of aromatic hydroxyl groups is 1. The molecule has 1 aromatic rings. The second-order valence-corrected chi connectivity index (χ2v) is 6.82. The number of phenols is 1. The first kappa shape index (κ1) is 15.5. The molecule has 0 aliphatic carbocycles. The van der Waals surface area contributed by atoms with Gasteiger partial charge in [0.2, 0.25) is 0 Å². The largest absolute Gasteiger partial charge is 0.505 e. The third-order valence-corrected chi connectivity index (χ3v) is 3.91. The molecule has 5 heteroatoms. The summed E-state index contributed by atoms with van der Waals surface area (Å²) >= 11 is 5.97. The number of nitrogens with one attached hydrogen (secondary N) is 1. The third kappa shape index (κ3) is 3.25. The van der Waals surface area contributed by atoms with Gasteiger partial charge in [-0.2, -0.15) is 0 Å². The lowest BCUT2D eigenvalue weighted by atomic mass is 9.80. The quantitative estimate of drug-likeness (QED) is 0.880. The van der Waals surface area contributed by atoms with Crippen LogP contribution >= 0.6 is 11.6 Å². The second kappa shape index (κ2) is 5.88. The van der Waals surface area contributed by atoms with Gasteiger partial charge in [-0.1, -0.05) is 32.4 Å². The van der Waals surface area contributed by atoms with Crippen molar-refractivity contribution < 1.29 is 9.50 Å². The van der Waals surface area contributed by atoms with Crippen LogP contribution < -0.4 is 5.32 Å². The molecule has 2 rings (SSSR count). The first-order valence-corrected chi connectivity index (χ1v) is 7.31. The topological polar surface area (TPSA) is 35.5 Å². The summed E-state index contributed by atoms with van der Waals surface area (Å²) < 4.78 is 13.8. The van der Waals surface area contributed by atoms with Gasteiger partial charge in [-0.25, -0.2) is 4.39 Å². The number of phenolic OH excluding ortho intramolecular Hbond substituents is 1. The Hall–Kier alpha value is -0.840. The summed E-state index contributed by atoms with van der Waals surface area (Å²) in [5.74, 6) is -0.940. The van der Waals surface area contributed by atoms with Crippen molar-refractivity contribution in [1.29, 1.82) is 0 Å². The lowest BCUT2D eigenvalue weighted by Gasteiger charge is -2.42. The van der Waals surface area contributed by atoms with Gasteiger partial charge in [0.25, 0.3) is 0 Å². The van der Waals surface area contributed by atoms with Crippen LogP contribution in [0.3, 0.4) is 0 Å². The minimum absolute atomic E-state index is 0.0715. The van der Waals surface area contributed by atoms with Gasteiger partial charge in [0.15, 0.2) is 11.6 Å². The normalized spacial score (nSPS) is 19.1. The van der Waals surface area contributed by atoms with E-state index in [9.17, 15) is 9.50 Å². The van der Waals surface area contributed by atoms with Gasteiger partial charge >= 0.3 is 0 Å². The highest BCUT2D eigenvalue weighted by molar-refractivity contribution is 6.30. The summed E-state index contributed by atoms with van der Waals surface area (Å²) in [4.78, 5) is 2.28. The highest BCUT2D eigenvalue weighted by atomic mass is 35.5. The van der Waals surface area contributed by atoms with Crippen LogP contribution in [-0.4, -0.2) is 36.2 Å². The predicted octanol–water partition coefficient (Wildman–Crippen LogP) is 3.18. The summed E-state index contributed by atoms with van der Waals surface area (Å²) in [6.07, 6.45) is 0. The van der Waals surface area contributed by atoms with E-state index in [1.165, 1.54) is 0 Å². The molecule has 0 amide bonds. The third-order valence-electron chi connectivity index (χ3n) is 3.69. The smallest absolute Gasteiger partial charge is 0.166 e. The van der Waals surface area contributed by atoms with Gasteiger partial charge in [-0.3, -0.25) is 4.90 Å². The van der Waals surface area contributed by atoms with E-state index >= 15 is 0 Å². The molecule has 1 heterocycles. The maximum absolute atomic E-state index is 13.8. The predicted molar refractivity (Wildman–Crippen MR) is 79.7 cm³/mol. The minimum atomic E-state index is -0.656.